The van der Waals surface area contributed by atoms with Gasteiger partial charge in [-0.15, -0.1) is 11.3 Å². The van der Waals surface area contributed by atoms with Gasteiger partial charge in [0.1, 0.15) is 5.01 Å². The van der Waals surface area contributed by atoms with Crippen molar-refractivity contribution in [3.8, 4) is 21.7 Å². The molecule has 0 amide bonds. The lowest BCUT2D eigenvalue weighted by Gasteiger charge is -2.18. The molecule has 196 valence electrons. The van der Waals surface area contributed by atoms with Crippen LogP contribution < -0.4 is 0 Å². The molecule has 0 bridgehead atoms. The van der Waals surface area contributed by atoms with Gasteiger partial charge in [0.15, 0.2) is 0 Å². The van der Waals surface area contributed by atoms with Gasteiger partial charge < -0.3 is 0 Å². The van der Waals surface area contributed by atoms with Gasteiger partial charge >= 0.3 is 0 Å². The van der Waals surface area contributed by atoms with Crippen LogP contribution in [0.15, 0.2) is 133 Å². The lowest BCUT2D eigenvalue weighted by Crippen LogP contribution is -1.91. The summed E-state index contributed by atoms with van der Waals surface area (Å²) < 4.78 is 1.23. The number of aromatic nitrogens is 1. The normalized spacial score (nSPS) is 11.9. The van der Waals surface area contributed by atoms with Crippen LogP contribution in [0.5, 0.6) is 0 Å². The topological polar surface area (TPSA) is 12.9 Å². The van der Waals surface area contributed by atoms with Crippen LogP contribution in [0.3, 0.4) is 0 Å². The van der Waals surface area contributed by atoms with Gasteiger partial charge in [-0.3, -0.25) is 0 Å². The highest BCUT2D eigenvalue weighted by Crippen LogP contribution is 2.47. The predicted octanol–water partition coefficient (Wildman–Crippen LogP) is 11.7. The molecule has 0 atom stereocenters. The molecule has 9 aromatic rings. The number of fused-ring (bicyclic) bond motifs is 7. The molecule has 42 heavy (non-hydrogen) atoms. The zero-order valence-electron chi connectivity index (χ0n) is 23.1. The number of nitrogens with zero attached hydrogens (tertiary/aromatic N) is 1. The van der Waals surface area contributed by atoms with E-state index in [1.54, 1.807) is 11.3 Å². The van der Waals surface area contributed by atoms with E-state index in [2.05, 4.69) is 140 Å². The third-order valence-electron chi connectivity index (χ3n) is 8.70. The van der Waals surface area contributed by atoms with Crippen molar-refractivity contribution in [3.05, 3.63) is 139 Å². The van der Waals surface area contributed by atoms with Gasteiger partial charge in [0, 0.05) is 5.56 Å². The van der Waals surface area contributed by atoms with E-state index in [-0.39, 0.29) is 0 Å². The number of thiazole rings is 1. The SMILES string of the molecule is Cc1ccc2nc(-c3c4ccccc4c(-c4cccc5c4ccc4cc6ccccc6cc45)c4ccccc34)sc2c1. The maximum absolute atomic E-state index is 5.15. The summed E-state index contributed by atoms with van der Waals surface area (Å²) >= 11 is 1.79. The highest BCUT2D eigenvalue weighted by molar-refractivity contribution is 7.21. The Bertz CT molecular complexity index is 2480. The first-order valence-electron chi connectivity index (χ1n) is 14.4. The van der Waals surface area contributed by atoms with Crippen molar-refractivity contribution in [3.63, 3.8) is 0 Å². The van der Waals surface area contributed by atoms with Crippen molar-refractivity contribution in [2.75, 3.05) is 0 Å². The summed E-state index contributed by atoms with van der Waals surface area (Å²) in [6.45, 7) is 2.15. The summed E-state index contributed by atoms with van der Waals surface area (Å²) in [5, 5.41) is 13.8. The Labute approximate surface area is 247 Å². The zero-order chi connectivity index (χ0) is 27.8. The van der Waals surface area contributed by atoms with Gasteiger partial charge in [0.25, 0.3) is 0 Å². The predicted molar refractivity (Wildman–Crippen MR) is 183 cm³/mol. The van der Waals surface area contributed by atoms with E-state index in [0.717, 1.165) is 10.5 Å². The fourth-order valence-corrected chi connectivity index (χ4v) is 7.92. The molecule has 0 N–H and O–H groups in total. The Morgan fingerprint density at radius 1 is 0.452 bits per heavy atom. The highest BCUT2D eigenvalue weighted by atomic mass is 32.1. The first-order valence-corrected chi connectivity index (χ1v) is 15.2. The lowest BCUT2D eigenvalue weighted by molar-refractivity contribution is 1.46. The van der Waals surface area contributed by atoms with Crippen molar-refractivity contribution in [1.29, 1.82) is 0 Å². The lowest BCUT2D eigenvalue weighted by atomic mass is 9.86. The van der Waals surface area contributed by atoms with E-state index in [0.29, 0.717) is 0 Å². The molecular formula is C40H25NS. The van der Waals surface area contributed by atoms with Crippen molar-refractivity contribution in [2.24, 2.45) is 0 Å². The molecule has 0 radical (unpaired) electrons. The van der Waals surface area contributed by atoms with Crippen LogP contribution >= 0.6 is 11.3 Å². The average molecular weight is 552 g/mol. The summed E-state index contributed by atoms with van der Waals surface area (Å²) in [5.74, 6) is 0. The number of hydrogen-bond donors (Lipinski definition) is 0. The minimum absolute atomic E-state index is 1.06. The molecule has 0 spiro atoms. The molecular weight excluding hydrogens is 527 g/mol. The zero-order valence-corrected chi connectivity index (χ0v) is 23.9. The Balaban J connectivity index is 1.39. The maximum Gasteiger partial charge on any atom is 0.125 e. The Morgan fingerprint density at radius 3 is 1.83 bits per heavy atom. The summed E-state index contributed by atoms with van der Waals surface area (Å²) in [7, 11) is 0. The Morgan fingerprint density at radius 2 is 1.10 bits per heavy atom. The molecule has 0 unspecified atom stereocenters. The highest BCUT2D eigenvalue weighted by Gasteiger charge is 2.20. The molecule has 8 aromatic carbocycles. The molecule has 0 fully saturated rings. The molecule has 0 aliphatic rings. The van der Waals surface area contributed by atoms with E-state index in [4.69, 9.17) is 4.98 Å². The maximum atomic E-state index is 5.15. The first kappa shape index (κ1) is 23.6. The van der Waals surface area contributed by atoms with Crippen molar-refractivity contribution >= 4 is 75.4 Å². The summed E-state index contributed by atoms with van der Waals surface area (Å²) in [4.78, 5) is 5.15. The second-order valence-corrected chi connectivity index (χ2v) is 12.2. The van der Waals surface area contributed by atoms with Crippen LogP contribution in [0.2, 0.25) is 0 Å². The van der Waals surface area contributed by atoms with E-state index in [9.17, 15) is 0 Å². The van der Waals surface area contributed by atoms with Gasteiger partial charge in [-0.25, -0.2) is 4.98 Å². The minimum Gasteiger partial charge on any atom is -0.236 e. The van der Waals surface area contributed by atoms with Gasteiger partial charge in [0.2, 0.25) is 0 Å². The molecule has 9 rings (SSSR count). The van der Waals surface area contributed by atoms with E-state index in [1.807, 2.05) is 0 Å². The van der Waals surface area contributed by atoms with Crippen LogP contribution in [0, 0.1) is 6.92 Å². The quantitative estimate of drug-likeness (QED) is 0.154. The van der Waals surface area contributed by atoms with Gasteiger partial charge in [-0.2, -0.15) is 0 Å². The Hall–Kier alpha value is -5.05. The van der Waals surface area contributed by atoms with Crippen LogP contribution in [-0.4, -0.2) is 4.98 Å². The number of hydrogen-bond acceptors (Lipinski definition) is 2. The first-order chi connectivity index (χ1) is 20.7. The molecule has 0 aliphatic carbocycles. The summed E-state index contributed by atoms with van der Waals surface area (Å²) in [6, 6.07) is 49.0. The largest absolute Gasteiger partial charge is 0.236 e. The van der Waals surface area contributed by atoms with E-state index >= 15 is 0 Å². The van der Waals surface area contributed by atoms with Crippen LogP contribution in [0.1, 0.15) is 5.56 Å². The number of benzene rings is 8. The van der Waals surface area contributed by atoms with Crippen LogP contribution in [-0.2, 0) is 0 Å². The molecule has 0 saturated heterocycles. The van der Waals surface area contributed by atoms with Crippen molar-refractivity contribution in [1.82, 2.24) is 4.98 Å². The van der Waals surface area contributed by atoms with Crippen molar-refractivity contribution < 1.29 is 0 Å². The van der Waals surface area contributed by atoms with E-state index in [1.165, 1.54) is 80.8 Å². The van der Waals surface area contributed by atoms with Gasteiger partial charge in [-0.05, 0) is 102 Å². The van der Waals surface area contributed by atoms with E-state index < -0.39 is 0 Å². The van der Waals surface area contributed by atoms with Crippen LogP contribution in [0.25, 0.3) is 85.8 Å². The molecule has 0 saturated carbocycles. The van der Waals surface area contributed by atoms with Crippen molar-refractivity contribution in [2.45, 2.75) is 6.92 Å². The molecule has 1 nitrogen and oxygen atoms in total. The number of rotatable bonds is 2. The van der Waals surface area contributed by atoms with Gasteiger partial charge in [-0.1, -0.05) is 109 Å². The summed E-state index contributed by atoms with van der Waals surface area (Å²) in [6.07, 6.45) is 0. The third-order valence-corrected chi connectivity index (χ3v) is 9.74. The molecule has 1 heterocycles. The fourth-order valence-electron chi connectivity index (χ4n) is 6.79. The Kier molecular flexibility index (Phi) is 5.05. The standard InChI is InChI=1S/C40H25NS/c1-24-17-20-36-37(21-24)42-40(41-36)39-33-13-6-4-11-31(33)38(32-12-5-7-14-34(32)39)30-16-8-15-28-29(30)19-18-27-22-25-9-2-3-10-26(25)23-35(27)28/h2-23H,1H3. The smallest absolute Gasteiger partial charge is 0.125 e. The summed E-state index contributed by atoms with van der Waals surface area (Å²) in [5.41, 5.74) is 6.10. The fraction of sp³-hybridized carbons (Fsp3) is 0.0250. The molecule has 1 aromatic heterocycles. The van der Waals surface area contributed by atoms with Gasteiger partial charge in [0.05, 0.1) is 10.2 Å². The third kappa shape index (κ3) is 3.46. The monoisotopic (exact) mass is 551 g/mol. The van der Waals surface area contributed by atoms with Crippen LogP contribution in [0.4, 0.5) is 0 Å². The molecule has 0 aliphatic heterocycles. The minimum atomic E-state index is 1.06. The second-order valence-electron chi connectivity index (χ2n) is 11.2. The average Bonchev–Trinajstić information content (AvgIpc) is 3.45. The molecule has 2 heteroatoms. The number of aryl methyl sites for hydroxylation is 1. The second kappa shape index (κ2) is 8.97.